The van der Waals surface area contributed by atoms with Gasteiger partial charge in [0.1, 0.15) is 17.1 Å². The van der Waals surface area contributed by atoms with Gasteiger partial charge < -0.3 is 9.15 Å². The minimum absolute atomic E-state index is 0.0249. The molecule has 2 aromatic rings. The number of carbonyl (C=O) groups is 2. The number of benzene rings is 1. The summed E-state index contributed by atoms with van der Waals surface area (Å²) in [6.07, 6.45) is 1.38. The Balaban J connectivity index is 1.93. The average Bonchev–Trinajstić information content (AvgIpc) is 2.98. The van der Waals surface area contributed by atoms with E-state index >= 15 is 0 Å². The molecule has 0 atom stereocenters. The van der Waals surface area contributed by atoms with Crippen molar-refractivity contribution in [2.24, 2.45) is 0 Å². The van der Waals surface area contributed by atoms with E-state index < -0.39 is 11.8 Å². The molecule has 25 heavy (non-hydrogen) atoms. The van der Waals surface area contributed by atoms with Crippen molar-refractivity contribution in [3.8, 4) is 5.75 Å². The van der Waals surface area contributed by atoms with Crippen molar-refractivity contribution in [2.45, 2.75) is 6.92 Å². The van der Waals surface area contributed by atoms with Crippen molar-refractivity contribution < 1.29 is 18.7 Å². The highest BCUT2D eigenvalue weighted by molar-refractivity contribution is 9.10. The molecule has 8 heteroatoms. The van der Waals surface area contributed by atoms with Crippen LogP contribution in [0.2, 0.25) is 0 Å². The number of thiocarbonyl (C=S) groups is 1. The van der Waals surface area contributed by atoms with Crippen LogP contribution in [0.5, 0.6) is 5.75 Å². The van der Waals surface area contributed by atoms with Gasteiger partial charge in [-0.25, -0.2) is 0 Å². The van der Waals surface area contributed by atoms with E-state index in [1.807, 2.05) is 6.92 Å². The summed E-state index contributed by atoms with van der Waals surface area (Å²) in [4.78, 5) is 26.2. The zero-order chi connectivity index (χ0) is 18.0. The van der Waals surface area contributed by atoms with Crippen LogP contribution in [0.1, 0.15) is 12.7 Å². The lowest BCUT2D eigenvalue weighted by Gasteiger charge is -2.28. The molecular formula is C17H13BrN2O4S. The fraction of sp³-hybridized carbons (Fsp3) is 0.118. The Morgan fingerprint density at radius 2 is 1.96 bits per heavy atom. The van der Waals surface area contributed by atoms with Crippen LogP contribution >= 0.6 is 28.1 Å². The number of nitrogens with one attached hydrogen (secondary N) is 1. The molecular weight excluding hydrogens is 408 g/mol. The van der Waals surface area contributed by atoms with Gasteiger partial charge in [0.25, 0.3) is 11.8 Å². The smallest absolute Gasteiger partial charge is 0.270 e. The van der Waals surface area contributed by atoms with Crippen LogP contribution in [0, 0.1) is 0 Å². The summed E-state index contributed by atoms with van der Waals surface area (Å²) in [5, 5.41) is 2.54. The quantitative estimate of drug-likeness (QED) is 0.466. The molecule has 1 fully saturated rings. The van der Waals surface area contributed by atoms with E-state index in [1.54, 1.807) is 36.4 Å². The van der Waals surface area contributed by atoms with E-state index in [0.717, 1.165) is 0 Å². The maximum atomic E-state index is 12.8. The molecule has 1 aromatic carbocycles. The van der Waals surface area contributed by atoms with Gasteiger partial charge in [-0.1, -0.05) is 0 Å². The molecule has 1 aliphatic heterocycles. The lowest BCUT2D eigenvalue weighted by molar-refractivity contribution is -0.122. The Morgan fingerprint density at radius 1 is 1.24 bits per heavy atom. The van der Waals surface area contributed by atoms with Crippen LogP contribution in [0.4, 0.5) is 5.69 Å². The van der Waals surface area contributed by atoms with Crippen LogP contribution < -0.4 is 15.0 Å². The molecule has 0 radical (unpaired) electrons. The molecule has 1 aromatic heterocycles. The van der Waals surface area contributed by atoms with Gasteiger partial charge in [0.15, 0.2) is 9.78 Å². The first-order valence-electron chi connectivity index (χ1n) is 7.39. The molecule has 0 bridgehead atoms. The van der Waals surface area contributed by atoms with Crippen LogP contribution in [0.3, 0.4) is 0 Å². The highest BCUT2D eigenvalue weighted by atomic mass is 79.9. The van der Waals surface area contributed by atoms with E-state index in [9.17, 15) is 9.59 Å². The zero-order valence-electron chi connectivity index (χ0n) is 13.1. The minimum Gasteiger partial charge on any atom is -0.494 e. The molecule has 1 N–H and O–H groups in total. The topological polar surface area (TPSA) is 71.8 Å². The van der Waals surface area contributed by atoms with Crippen molar-refractivity contribution >= 4 is 56.8 Å². The van der Waals surface area contributed by atoms with Gasteiger partial charge in [-0.05, 0) is 77.5 Å². The van der Waals surface area contributed by atoms with Gasteiger partial charge in [0.2, 0.25) is 0 Å². The molecule has 1 aliphatic rings. The second-order valence-corrected chi connectivity index (χ2v) is 6.19. The monoisotopic (exact) mass is 420 g/mol. The number of rotatable bonds is 4. The van der Waals surface area contributed by atoms with Crippen molar-refractivity contribution in [1.82, 2.24) is 5.32 Å². The normalized spacial score (nSPS) is 16.3. The van der Waals surface area contributed by atoms with E-state index in [-0.39, 0.29) is 10.7 Å². The molecule has 6 nitrogen and oxygen atoms in total. The number of hydrogen-bond donors (Lipinski definition) is 1. The van der Waals surface area contributed by atoms with Gasteiger partial charge in [-0.15, -0.1) is 0 Å². The van der Waals surface area contributed by atoms with E-state index in [4.69, 9.17) is 21.4 Å². The Labute approximate surface area is 157 Å². The summed E-state index contributed by atoms with van der Waals surface area (Å²) >= 11 is 8.33. The number of amides is 2. The first-order valence-corrected chi connectivity index (χ1v) is 8.59. The number of anilines is 1. The highest BCUT2D eigenvalue weighted by Gasteiger charge is 2.34. The zero-order valence-corrected chi connectivity index (χ0v) is 15.5. The summed E-state index contributed by atoms with van der Waals surface area (Å²) in [5.74, 6) is -0.0261. The van der Waals surface area contributed by atoms with E-state index in [2.05, 4.69) is 21.2 Å². The van der Waals surface area contributed by atoms with Gasteiger partial charge in [0, 0.05) is 0 Å². The van der Waals surface area contributed by atoms with Gasteiger partial charge >= 0.3 is 0 Å². The molecule has 0 saturated carbocycles. The first-order chi connectivity index (χ1) is 12.0. The maximum Gasteiger partial charge on any atom is 0.270 e. The minimum atomic E-state index is -0.565. The van der Waals surface area contributed by atoms with Gasteiger partial charge in [-0.3, -0.25) is 19.8 Å². The molecule has 2 amide bonds. The third kappa shape index (κ3) is 3.64. The molecule has 128 valence electrons. The fourth-order valence-electron chi connectivity index (χ4n) is 2.30. The summed E-state index contributed by atoms with van der Waals surface area (Å²) in [5.41, 5.74) is 0.467. The summed E-state index contributed by atoms with van der Waals surface area (Å²) in [6.45, 7) is 2.43. The van der Waals surface area contributed by atoms with Gasteiger partial charge in [0.05, 0.1) is 12.3 Å². The summed E-state index contributed by atoms with van der Waals surface area (Å²) in [6, 6.07) is 10.2. The fourth-order valence-corrected chi connectivity index (χ4v) is 2.90. The largest absolute Gasteiger partial charge is 0.494 e. The molecule has 0 unspecified atom stereocenters. The lowest BCUT2D eigenvalue weighted by atomic mass is 10.1. The number of furan rings is 1. The molecule has 0 aliphatic carbocycles. The number of hydrogen-bond acceptors (Lipinski definition) is 5. The Kier molecular flexibility index (Phi) is 5.00. The Bertz CT molecular complexity index is 873. The maximum absolute atomic E-state index is 12.8. The van der Waals surface area contributed by atoms with Crippen LogP contribution in [0.25, 0.3) is 6.08 Å². The summed E-state index contributed by atoms with van der Waals surface area (Å²) < 4.78 is 11.2. The van der Waals surface area contributed by atoms with Crippen molar-refractivity contribution in [3.63, 3.8) is 0 Å². The number of nitrogens with zero attached hydrogens (tertiary/aromatic N) is 1. The van der Waals surface area contributed by atoms with Gasteiger partial charge in [-0.2, -0.15) is 0 Å². The molecule has 3 rings (SSSR count). The molecule has 1 saturated heterocycles. The average molecular weight is 421 g/mol. The molecule has 2 heterocycles. The number of ether oxygens (including phenoxy) is 1. The highest BCUT2D eigenvalue weighted by Crippen LogP contribution is 2.25. The predicted molar refractivity (Wildman–Crippen MR) is 100 cm³/mol. The predicted octanol–water partition coefficient (Wildman–Crippen LogP) is 3.27. The molecule has 0 spiro atoms. The van der Waals surface area contributed by atoms with Crippen LogP contribution in [-0.4, -0.2) is 23.5 Å². The third-order valence-electron chi connectivity index (χ3n) is 3.39. The van der Waals surface area contributed by atoms with Crippen molar-refractivity contribution in [3.05, 3.63) is 52.4 Å². The SMILES string of the molecule is CCOc1ccc(N2C(=O)/C(=C/c3ccc(Br)o3)C(=O)NC2=S)cc1. The Hall–Kier alpha value is -2.45. The van der Waals surface area contributed by atoms with Crippen LogP contribution in [0.15, 0.2) is 51.1 Å². The van der Waals surface area contributed by atoms with E-state index in [0.29, 0.717) is 28.5 Å². The summed E-state index contributed by atoms with van der Waals surface area (Å²) in [7, 11) is 0. The first kappa shape index (κ1) is 17.4. The third-order valence-corrected chi connectivity index (χ3v) is 4.10. The van der Waals surface area contributed by atoms with Crippen molar-refractivity contribution in [2.75, 3.05) is 11.5 Å². The second kappa shape index (κ2) is 7.20. The Morgan fingerprint density at radius 3 is 2.56 bits per heavy atom. The van der Waals surface area contributed by atoms with E-state index in [1.165, 1.54) is 11.0 Å². The number of carbonyl (C=O) groups excluding carboxylic acids is 2. The second-order valence-electron chi connectivity index (χ2n) is 5.03. The van der Waals surface area contributed by atoms with Crippen LogP contribution in [-0.2, 0) is 9.59 Å². The number of halogens is 1. The lowest BCUT2D eigenvalue weighted by Crippen LogP contribution is -2.54. The van der Waals surface area contributed by atoms with Crippen molar-refractivity contribution in [1.29, 1.82) is 0 Å². The standard InChI is InChI=1S/C17H13BrN2O4S/c1-2-23-11-5-3-10(4-6-11)20-16(22)13(15(21)19-17(20)25)9-12-7-8-14(18)24-12/h3-9H,2H2,1H3,(H,19,21,25)/b13-9+.